The molecule has 3 rings (SSSR count). The maximum Gasteiger partial charge on any atom is 0.230 e. The Labute approximate surface area is 214 Å². The lowest BCUT2D eigenvalue weighted by Crippen LogP contribution is -2.28. The Balaban J connectivity index is 0.00000408. The maximum absolute atomic E-state index is 12.4. The van der Waals surface area contributed by atoms with Crippen molar-refractivity contribution in [1.29, 1.82) is 0 Å². The second-order valence-corrected chi connectivity index (χ2v) is 11.0. The summed E-state index contributed by atoms with van der Waals surface area (Å²) in [6, 6.07) is 7.69. The molecule has 8 nitrogen and oxygen atoms in total. The largest absolute Gasteiger partial charge is 0.444 e. The van der Waals surface area contributed by atoms with E-state index in [4.69, 9.17) is 9.52 Å². The highest BCUT2D eigenvalue weighted by Crippen LogP contribution is 2.31. The van der Waals surface area contributed by atoms with E-state index in [1.165, 1.54) is 11.3 Å². The molecule has 0 aliphatic heterocycles. The molecular weight excluding hydrogens is 496 g/mol. The van der Waals surface area contributed by atoms with Gasteiger partial charge in [0.2, 0.25) is 11.8 Å². The van der Waals surface area contributed by atoms with E-state index < -0.39 is 6.10 Å². The van der Waals surface area contributed by atoms with Crippen LogP contribution in [-0.2, 0) is 28.9 Å². The number of hydrogen-bond acceptors (Lipinski definition) is 9. The van der Waals surface area contributed by atoms with Crippen LogP contribution in [0, 0.1) is 0 Å². The molecule has 0 saturated carbocycles. The molecule has 0 fully saturated rings. The number of thioether (sulfide) groups is 1. The molecule has 2 heterocycles. The number of aliphatic hydroxyl groups excluding tert-OH is 2. The molecule has 0 aliphatic rings. The number of carbonyl (C=O) groups excluding carboxylic acids is 1. The van der Waals surface area contributed by atoms with Gasteiger partial charge in [0.05, 0.1) is 41.5 Å². The van der Waals surface area contributed by atoms with Gasteiger partial charge >= 0.3 is 0 Å². The van der Waals surface area contributed by atoms with Gasteiger partial charge in [-0.25, -0.2) is 9.97 Å². The number of thiazole rings is 1. The first-order valence-electron chi connectivity index (χ1n) is 10.6. The molecule has 0 bridgehead atoms. The molecule has 0 unspecified atom stereocenters. The minimum absolute atomic E-state index is 0. The predicted octanol–water partition coefficient (Wildman–Crippen LogP) is 3.77. The molecule has 11 heteroatoms. The van der Waals surface area contributed by atoms with Crippen molar-refractivity contribution in [2.24, 2.45) is 0 Å². The van der Waals surface area contributed by atoms with Gasteiger partial charge in [0, 0.05) is 18.5 Å². The van der Waals surface area contributed by atoms with Gasteiger partial charge < -0.3 is 25.3 Å². The molecule has 0 radical (unpaired) electrons. The van der Waals surface area contributed by atoms with Crippen molar-refractivity contribution in [3.63, 3.8) is 0 Å². The van der Waals surface area contributed by atoms with E-state index in [1.54, 1.807) is 24.2 Å². The fraction of sp³-hybridized carbons (Fsp3) is 0.435. The number of aromatic nitrogens is 2. The summed E-state index contributed by atoms with van der Waals surface area (Å²) in [6.45, 7) is 6.89. The van der Waals surface area contributed by atoms with E-state index >= 15 is 0 Å². The number of nitrogens with zero attached hydrogens (tertiary/aromatic N) is 2. The zero-order chi connectivity index (χ0) is 23.8. The summed E-state index contributed by atoms with van der Waals surface area (Å²) >= 11 is 3.00. The SMILES string of the molecule is CC(C)(C)c1cnc(CSc2cnc(NC(=O)Cc3ccc(CNC[C@H](O)CO)cc3)s2)o1.Cl. The third-order valence-electron chi connectivity index (χ3n) is 4.67. The van der Waals surface area contributed by atoms with Crippen molar-refractivity contribution < 1.29 is 19.4 Å². The van der Waals surface area contributed by atoms with Crippen molar-refractivity contribution in [2.75, 3.05) is 18.5 Å². The normalized spacial score (nSPS) is 12.3. The molecule has 1 aromatic carbocycles. The standard InChI is InChI=1S/C23H30N4O4S2.ClH/c1-23(2,3)18-11-25-20(31-18)14-32-21-12-26-22(33-21)27-19(30)8-15-4-6-16(7-5-15)9-24-10-17(29)13-28;/h4-7,11-12,17,24,28-29H,8-10,13-14H2,1-3H3,(H,26,27,30);1H/t17-;/m0./s1. The van der Waals surface area contributed by atoms with E-state index in [2.05, 4.69) is 41.4 Å². The Hall–Kier alpha value is -1.95. The number of nitrogens with one attached hydrogen (secondary N) is 2. The van der Waals surface area contributed by atoms with E-state index in [1.807, 2.05) is 24.3 Å². The van der Waals surface area contributed by atoms with Gasteiger partial charge in [0.15, 0.2) is 5.13 Å². The molecule has 0 saturated heterocycles. The van der Waals surface area contributed by atoms with Crippen LogP contribution in [0.3, 0.4) is 0 Å². The van der Waals surface area contributed by atoms with Crippen molar-refractivity contribution in [3.05, 3.63) is 59.4 Å². The fourth-order valence-corrected chi connectivity index (χ4v) is 4.55. The first-order chi connectivity index (χ1) is 15.7. The summed E-state index contributed by atoms with van der Waals surface area (Å²) in [4.78, 5) is 21.0. The summed E-state index contributed by atoms with van der Waals surface area (Å²) in [5.41, 5.74) is 1.86. The molecule has 0 spiro atoms. The number of hydrogen-bond donors (Lipinski definition) is 4. The first kappa shape index (κ1) is 28.3. The van der Waals surface area contributed by atoms with Crippen LogP contribution in [0.2, 0.25) is 0 Å². The summed E-state index contributed by atoms with van der Waals surface area (Å²) in [6.07, 6.45) is 3.01. The molecule has 3 aromatic rings. The second-order valence-electron chi connectivity index (χ2n) is 8.65. The molecule has 2 aromatic heterocycles. The Bertz CT molecular complexity index is 1030. The topological polar surface area (TPSA) is 121 Å². The second kappa shape index (κ2) is 13.2. The molecule has 186 valence electrons. The Morgan fingerprint density at radius 1 is 1.18 bits per heavy atom. The molecule has 0 aliphatic carbocycles. The third kappa shape index (κ3) is 9.01. The Morgan fingerprint density at radius 2 is 1.88 bits per heavy atom. The highest BCUT2D eigenvalue weighted by atomic mass is 35.5. The van der Waals surface area contributed by atoms with E-state index in [-0.39, 0.29) is 36.8 Å². The number of amides is 1. The summed E-state index contributed by atoms with van der Waals surface area (Å²) in [7, 11) is 0. The average Bonchev–Trinajstić information content (AvgIpc) is 3.42. The van der Waals surface area contributed by atoms with Crippen LogP contribution in [0.5, 0.6) is 0 Å². The summed E-state index contributed by atoms with van der Waals surface area (Å²) in [5.74, 6) is 2.01. The quantitative estimate of drug-likeness (QED) is 0.279. The van der Waals surface area contributed by atoms with E-state index in [0.29, 0.717) is 29.9 Å². The predicted molar refractivity (Wildman–Crippen MR) is 138 cm³/mol. The molecule has 4 N–H and O–H groups in total. The highest BCUT2D eigenvalue weighted by Gasteiger charge is 2.19. The van der Waals surface area contributed by atoms with Gasteiger partial charge in [-0.15, -0.1) is 24.2 Å². The van der Waals surface area contributed by atoms with E-state index in [0.717, 1.165) is 21.1 Å². The van der Waals surface area contributed by atoms with Crippen molar-refractivity contribution in [1.82, 2.24) is 15.3 Å². The van der Waals surface area contributed by atoms with Crippen molar-refractivity contribution in [3.8, 4) is 0 Å². The lowest BCUT2D eigenvalue weighted by atomic mass is 9.94. The third-order valence-corrected chi connectivity index (χ3v) is 6.76. The van der Waals surface area contributed by atoms with Gasteiger partial charge in [-0.1, -0.05) is 56.4 Å². The highest BCUT2D eigenvalue weighted by molar-refractivity contribution is 8.00. The lowest BCUT2D eigenvalue weighted by Gasteiger charge is -2.12. The van der Waals surface area contributed by atoms with Gasteiger partial charge in [0.1, 0.15) is 5.76 Å². The van der Waals surface area contributed by atoms with Crippen LogP contribution < -0.4 is 10.6 Å². The average molecular weight is 527 g/mol. The van der Waals surface area contributed by atoms with Crippen LogP contribution in [0.25, 0.3) is 0 Å². The van der Waals surface area contributed by atoms with E-state index in [9.17, 15) is 9.90 Å². The van der Waals surface area contributed by atoms with Gasteiger partial charge in [0.25, 0.3) is 0 Å². The molecular formula is C23H31ClN4O4S2. The van der Waals surface area contributed by atoms with Crippen LogP contribution in [0.1, 0.15) is 43.5 Å². The van der Waals surface area contributed by atoms with Crippen LogP contribution >= 0.6 is 35.5 Å². The zero-order valence-corrected chi connectivity index (χ0v) is 21.9. The zero-order valence-electron chi connectivity index (χ0n) is 19.4. The minimum atomic E-state index is -0.763. The van der Waals surface area contributed by atoms with Crippen LogP contribution in [-0.4, -0.2) is 45.3 Å². The first-order valence-corrected chi connectivity index (χ1v) is 12.4. The van der Waals surface area contributed by atoms with Crippen LogP contribution in [0.15, 0.2) is 45.3 Å². The minimum Gasteiger partial charge on any atom is -0.444 e. The van der Waals surface area contributed by atoms with Gasteiger partial charge in [-0.2, -0.15) is 0 Å². The maximum atomic E-state index is 12.4. The van der Waals surface area contributed by atoms with Crippen LogP contribution in [0.4, 0.5) is 5.13 Å². The van der Waals surface area contributed by atoms with Gasteiger partial charge in [-0.05, 0) is 11.1 Å². The monoisotopic (exact) mass is 526 g/mol. The number of rotatable bonds is 11. The number of aliphatic hydroxyl groups is 2. The molecule has 1 atom stereocenters. The lowest BCUT2D eigenvalue weighted by molar-refractivity contribution is -0.115. The smallest absolute Gasteiger partial charge is 0.230 e. The Kier molecular flexibility index (Phi) is 11.0. The number of oxazole rings is 1. The molecule has 1 amide bonds. The molecule has 34 heavy (non-hydrogen) atoms. The summed E-state index contributed by atoms with van der Waals surface area (Å²) < 4.78 is 6.79. The number of anilines is 1. The van der Waals surface area contributed by atoms with Crippen molar-refractivity contribution in [2.45, 2.75) is 55.2 Å². The number of benzene rings is 1. The Morgan fingerprint density at radius 3 is 2.53 bits per heavy atom. The summed E-state index contributed by atoms with van der Waals surface area (Å²) in [5, 5.41) is 24.6. The number of carbonyl (C=O) groups is 1. The van der Waals surface area contributed by atoms with Gasteiger partial charge in [-0.3, -0.25) is 4.79 Å². The number of halogens is 1. The van der Waals surface area contributed by atoms with Crippen molar-refractivity contribution >= 4 is 46.5 Å². The fourth-order valence-electron chi connectivity index (χ4n) is 2.81.